The molecule has 0 saturated carbocycles. The monoisotopic (exact) mass is 400 g/mol. The lowest BCUT2D eigenvalue weighted by Crippen LogP contribution is -2.38. The van der Waals surface area contributed by atoms with Gasteiger partial charge in [0.15, 0.2) is 5.82 Å². The van der Waals surface area contributed by atoms with Crippen LogP contribution >= 0.6 is 0 Å². The van der Waals surface area contributed by atoms with E-state index in [1.54, 1.807) is 6.33 Å². The lowest BCUT2D eigenvalue weighted by atomic mass is 10.0. The molecule has 3 aromatic heterocycles. The highest BCUT2D eigenvalue weighted by Gasteiger charge is 2.20. The number of aromatic amines is 1. The third-order valence-corrected chi connectivity index (χ3v) is 4.43. The predicted octanol–water partition coefficient (Wildman–Crippen LogP) is 1.83. The van der Waals surface area contributed by atoms with Crippen molar-refractivity contribution in [2.45, 2.75) is 25.4 Å². The van der Waals surface area contributed by atoms with Crippen molar-refractivity contribution in [2.75, 3.05) is 18.4 Å². The van der Waals surface area contributed by atoms with Crippen LogP contribution in [0.2, 0.25) is 0 Å². The number of aromatic nitrogens is 4. The molecule has 0 atom stereocenters. The summed E-state index contributed by atoms with van der Waals surface area (Å²) in [4.78, 5) is 35.2. The Morgan fingerprint density at radius 1 is 1.10 bits per heavy atom. The van der Waals surface area contributed by atoms with Crippen LogP contribution in [0.25, 0.3) is 11.0 Å². The number of hydrogen-bond donors (Lipinski definition) is 4. The maximum atomic E-state index is 8.36. The van der Waals surface area contributed by atoms with Crippen molar-refractivity contribution in [2.24, 2.45) is 0 Å². The normalized spacial score (nSPS) is 14.1. The summed E-state index contributed by atoms with van der Waals surface area (Å²) in [6.07, 6.45) is 9.49. The van der Waals surface area contributed by atoms with E-state index in [2.05, 4.69) is 42.3 Å². The second-order valence-corrected chi connectivity index (χ2v) is 6.22. The fourth-order valence-corrected chi connectivity index (χ4v) is 3.16. The van der Waals surface area contributed by atoms with Gasteiger partial charge < -0.3 is 20.5 Å². The first kappa shape index (κ1) is 21.8. The molecule has 1 aliphatic heterocycles. The van der Waals surface area contributed by atoms with Crippen molar-refractivity contribution in [1.29, 1.82) is 0 Å². The minimum atomic E-state index is -0.250. The molecule has 0 spiro atoms. The van der Waals surface area contributed by atoms with Gasteiger partial charge in [-0.2, -0.15) is 0 Å². The summed E-state index contributed by atoms with van der Waals surface area (Å²) in [6.45, 7) is 2.70. The van der Waals surface area contributed by atoms with E-state index in [9.17, 15) is 0 Å². The number of carboxylic acid groups (broad SMARTS) is 2. The maximum Gasteiger partial charge on any atom is 0.290 e. The molecule has 4 N–H and O–H groups in total. The van der Waals surface area contributed by atoms with E-state index in [-0.39, 0.29) is 12.9 Å². The second kappa shape index (κ2) is 12.0. The van der Waals surface area contributed by atoms with Crippen LogP contribution in [0.3, 0.4) is 0 Å². The van der Waals surface area contributed by atoms with Crippen LogP contribution in [-0.4, -0.2) is 67.1 Å². The molecule has 0 amide bonds. The molecule has 4 heterocycles. The number of H-pyrrole nitrogens is 1. The van der Waals surface area contributed by atoms with Gasteiger partial charge in [0.1, 0.15) is 11.8 Å². The van der Waals surface area contributed by atoms with E-state index in [4.69, 9.17) is 19.8 Å². The Balaban J connectivity index is 0.000000449. The van der Waals surface area contributed by atoms with Crippen LogP contribution in [-0.2, 0) is 16.1 Å². The van der Waals surface area contributed by atoms with E-state index in [1.807, 2.05) is 24.7 Å². The zero-order valence-corrected chi connectivity index (χ0v) is 15.8. The molecule has 154 valence electrons. The van der Waals surface area contributed by atoms with E-state index in [1.165, 1.54) is 5.56 Å². The third-order valence-electron chi connectivity index (χ3n) is 4.43. The molecule has 4 rings (SSSR count). The molecule has 0 unspecified atom stereocenters. The first-order valence-electron chi connectivity index (χ1n) is 9.03. The molecule has 3 aromatic rings. The number of fused-ring (bicyclic) bond motifs is 1. The summed E-state index contributed by atoms with van der Waals surface area (Å²) < 4.78 is 0. The molecule has 10 heteroatoms. The van der Waals surface area contributed by atoms with Crippen molar-refractivity contribution in [3.05, 3.63) is 48.7 Å². The lowest BCUT2D eigenvalue weighted by Gasteiger charge is -2.32. The first-order chi connectivity index (χ1) is 14.2. The highest BCUT2D eigenvalue weighted by atomic mass is 16.3. The third kappa shape index (κ3) is 6.85. The molecular weight excluding hydrogens is 376 g/mol. The van der Waals surface area contributed by atoms with Gasteiger partial charge in [-0.3, -0.25) is 19.5 Å². The molecule has 1 saturated heterocycles. The van der Waals surface area contributed by atoms with Gasteiger partial charge in [0.2, 0.25) is 0 Å². The fraction of sp³-hybridized carbons (Fsp3) is 0.316. The molecule has 0 aliphatic carbocycles. The number of carbonyl (C=O) groups is 2. The summed E-state index contributed by atoms with van der Waals surface area (Å²) >= 11 is 0. The quantitative estimate of drug-likeness (QED) is 0.482. The summed E-state index contributed by atoms with van der Waals surface area (Å²) in [7, 11) is 0. The summed E-state index contributed by atoms with van der Waals surface area (Å²) in [5.41, 5.74) is 3.28. The number of likely N-dealkylation sites (tertiary alicyclic amines) is 1. The standard InChI is InChI=1S/C17H20N6.2CH2O2/c1-6-18-7-2-13(1)11-23-9-4-14(5-10-23)22-17-16-15(3-8-19-16)20-12-21-17;2*2-1-3/h1-3,6-8,12,14,19H,4-5,9-11H2,(H,20,21,22);2*1H,(H,2,3). The Morgan fingerprint density at radius 3 is 2.41 bits per heavy atom. The molecule has 1 aliphatic rings. The van der Waals surface area contributed by atoms with Gasteiger partial charge in [0.05, 0.1) is 5.52 Å². The minimum Gasteiger partial charge on any atom is -0.483 e. The molecule has 1 fully saturated rings. The number of nitrogens with one attached hydrogen (secondary N) is 2. The maximum absolute atomic E-state index is 8.36. The number of piperidine rings is 1. The van der Waals surface area contributed by atoms with Crippen molar-refractivity contribution < 1.29 is 19.8 Å². The Kier molecular flexibility index (Phi) is 9.03. The van der Waals surface area contributed by atoms with Crippen molar-refractivity contribution in [3.8, 4) is 0 Å². The van der Waals surface area contributed by atoms with Crippen LogP contribution in [0.5, 0.6) is 0 Å². The van der Waals surface area contributed by atoms with E-state index >= 15 is 0 Å². The van der Waals surface area contributed by atoms with Crippen LogP contribution in [0.1, 0.15) is 18.4 Å². The van der Waals surface area contributed by atoms with Gasteiger partial charge in [-0.05, 0) is 36.6 Å². The average molecular weight is 400 g/mol. The Hall–Kier alpha value is -3.53. The SMILES string of the molecule is O=CO.O=CO.c1cc(CN2CCC(Nc3ncnc4cc[nH]c34)CC2)ccn1. The molecule has 29 heavy (non-hydrogen) atoms. The zero-order chi connectivity index (χ0) is 20.9. The average Bonchev–Trinajstić information content (AvgIpc) is 3.22. The van der Waals surface area contributed by atoms with Crippen LogP contribution in [0.4, 0.5) is 5.82 Å². The first-order valence-corrected chi connectivity index (χ1v) is 9.03. The van der Waals surface area contributed by atoms with Gasteiger partial charge in [-0.25, -0.2) is 9.97 Å². The molecule has 0 bridgehead atoms. The smallest absolute Gasteiger partial charge is 0.290 e. The van der Waals surface area contributed by atoms with Crippen LogP contribution in [0, 0.1) is 0 Å². The van der Waals surface area contributed by atoms with Crippen molar-refractivity contribution in [3.63, 3.8) is 0 Å². The summed E-state index contributed by atoms with van der Waals surface area (Å²) in [5, 5.41) is 17.4. The van der Waals surface area contributed by atoms with Crippen LogP contribution in [0.15, 0.2) is 43.1 Å². The topological polar surface area (TPSA) is 144 Å². The molecule has 0 radical (unpaired) electrons. The van der Waals surface area contributed by atoms with E-state index < -0.39 is 0 Å². The van der Waals surface area contributed by atoms with Gasteiger partial charge in [0.25, 0.3) is 12.9 Å². The molecule has 0 aromatic carbocycles. The lowest BCUT2D eigenvalue weighted by molar-refractivity contribution is -0.123. The van der Waals surface area contributed by atoms with Gasteiger partial charge in [-0.1, -0.05) is 0 Å². The van der Waals surface area contributed by atoms with Gasteiger partial charge >= 0.3 is 0 Å². The van der Waals surface area contributed by atoms with Crippen LogP contribution < -0.4 is 5.32 Å². The van der Waals surface area contributed by atoms with E-state index in [0.717, 1.165) is 49.3 Å². The number of hydrogen-bond acceptors (Lipinski definition) is 7. The Bertz CT molecular complexity index is 859. The van der Waals surface area contributed by atoms with E-state index in [0.29, 0.717) is 6.04 Å². The number of anilines is 1. The second-order valence-electron chi connectivity index (χ2n) is 6.22. The van der Waals surface area contributed by atoms with Gasteiger partial charge in [0, 0.05) is 44.3 Å². The number of pyridine rings is 1. The summed E-state index contributed by atoms with van der Waals surface area (Å²) in [5.74, 6) is 0.910. The van der Waals surface area contributed by atoms with Gasteiger partial charge in [-0.15, -0.1) is 0 Å². The molecular formula is C19H24N6O4. The van der Waals surface area contributed by atoms with Crippen molar-refractivity contribution >= 4 is 29.8 Å². The highest BCUT2D eigenvalue weighted by molar-refractivity contribution is 5.85. The summed E-state index contributed by atoms with van der Waals surface area (Å²) in [6, 6.07) is 6.62. The largest absolute Gasteiger partial charge is 0.483 e. The minimum absolute atomic E-state index is 0.250. The Morgan fingerprint density at radius 2 is 1.76 bits per heavy atom. The predicted molar refractivity (Wildman–Crippen MR) is 107 cm³/mol. The Labute approximate surface area is 167 Å². The number of rotatable bonds is 4. The fourth-order valence-electron chi connectivity index (χ4n) is 3.16. The number of nitrogens with zero attached hydrogens (tertiary/aromatic N) is 4. The zero-order valence-electron chi connectivity index (χ0n) is 15.8. The molecule has 10 nitrogen and oxygen atoms in total. The highest BCUT2D eigenvalue weighted by Crippen LogP contribution is 2.21. The van der Waals surface area contributed by atoms with Crippen molar-refractivity contribution in [1.82, 2.24) is 24.8 Å².